The van der Waals surface area contributed by atoms with Crippen LogP contribution in [0, 0.1) is 0 Å². The van der Waals surface area contributed by atoms with Gasteiger partial charge in [-0.05, 0) is 12.1 Å². The van der Waals surface area contributed by atoms with Gasteiger partial charge in [0.25, 0.3) is 4.90 Å². The standard InChI is InChI=1S/C12H6ClF6N3O2S/c13-6-2-1-4(3-5(6)11(14,15)16)25(24)7-8(12(17,18)19)21-10(20)22-9(7)23/h1-3H,(H3,20,21,22,23). The van der Waals surface area contributed by atoms with Crippen molar-refractivity contribution in [1.82, 2.24) is 9.97 Å². The van der Waals surface area contributed by atoms with Gasteiger partial charge in [0.15, 0.2) is 4.90 Å². The van der Waals surface area contributed by atoms with E-state index < -0.39 is 61.1 Å². The molecule has 0 bridgehead atoms. The minimum Gasteiger partial charge on any atom is -0.606 e. The number of nitrogen functional groups attached to an aromatic ring is 1. The first kappa shape index (κ1) is 19.4. The van der Waals surface area contributed by atoms with E-state index in [0.717, 1.165) is 6.07 Å². The Balaban J connectivity index is 2.67. The van der Waals surface area contributed by atoms with Crippen molar-refractivity contribution in [2.24, 2.45) is 0 Å². The second kappa shape index (κ2) is 6.42. The van der Waals surface area contributed by atoms with Crippen molar-refractivity contribution in [3.63, 3.8) is 0 Å². The van der Waals surface area contributed by atoms with Crippen molar-refractivity contribution in [1.29, 1.82) is 0 Å². The Kier molecular flexibility index (Phi) is 4.99. The molecular formula is C12H6ClF6N3O2S. The lowest BCUT2D eigenvalue weighted by atomic mass is 10.2. The van der Waals surface area contributed by atoms with Crippen LogP contribution in [0.4, 0.5) is 32.3 Å². The summed E-state index contributed by atoms with van der Waals surface area (Å²) >= 11 is 2.47. The van der Waals surface area contributed by atoms with Crippen molar-refractivity contribution in [3.8, 4) is 0 Å². The second-order valence-electron chi connectivity index (χ2n) is 4.53. The Hall–Kier alpha value is -1.92. The molecule has 136 valence electrons. The topological polar surface area (TPSA) is 94.8 Å². The summed E-state index contributed by atoms with van der Waals surface area (Å²) in [5.41, 5.74) is 0.288. The Morgan fingerprint density at radius 3 is 2.28 bits per heavy atom. The normalized spacial score (nSPS) is 13.8. The molecule has 0 radical (unpaired) electrons. The fourth-order valence-electron chi connectivity index (χ4n) is 1.80. The average molecular weight is 406 g/mol. The van der Waals surface area contributed by atoms with E-state index in [9.17, 15) is 35.7 Å². The quantitative estimate of drug-likeness (QED) is 0.592. The van der Waals surface area contributed by atoms with Gasteiger partial charge >= 0.3 is 17.9 Å². The van der Waals surface area contributed by atoms with Crippen LogP contribution in [0.1, 0.15) is 11.3 Å². The molecule has 1 atom stereocenters. The number of aromatic amines is 1. The van der Waals surface area contributed by atoms with Gasteiger partial charge < -0.3 is 10.3 Å². The van der Waals surface area contributed by atoms with Crippen LogP contribution in [0.25, 0.3) is 0 Å². The van der Waals surface area contributed by atoms with Gasteiger partial charge in [0.05, 0.1) is 10.6 Å². The van der Waals surface area contributed by atoms with Crippen LogP contribution < -0.4 is 11.3 Å². The Morgan fingerprint density at radius 1 is 1.16 bits per heavy atom. The average Bonchev–Trinajstić information content (AvgIpc) is 2.44. The van der Waals surface area contributed by atoms with E-state index in [1.807, 2.05) is 0 Å². The lowest BCUT2D eigenvalue weighted by molar-refractivity contribution is -0.143. The zero-order valence-electron chi connectivity index (χ0n) is 11.6. The minimum absolute atomic E-state index is 0.300. The number of H-pyrrole nitrogens is 1. The monoisotopic (exact) mass is 405 g/mol. The molecule has 0 amide bonds. The van der Waals surface area contributed by atoms with Crippen LogP contribution in [-0.4, -0.2) is 14.5 Å². The molecule has 1 aromatic heterocycles. The maximum absolute atomic E-state index is 13.0. The van der Waals surface area contributed by atoms with Crippen molar-refractivity contribution in [2.45, 2.75) is 22.1 Å². The van der Waals surface area contributed by atoms with Gasteiger partial charge in [-0.1, -0.05) is 11.6 Å². The lowest BCUT2D eigenvalue weighted by Gasteiger charge is -2.16. The fraction of sp³-hybridized carbons (Fsp3) is 0.167. The summed E-state index contributed by atoms with van der Waals surface area (Å²) in [4.78, 5) is 14.3. The van der Waals surface area contributed by atoms with Crippen LogP contribution in [-0.2, 0) is 23.5 Å². The van der Waals surface area contributed by atoms with E-state index in [2.05, 4.69) is 4.98 Å². The van der Waals surface area contributed by atoms with E-state index in [4.69, 9.17) is 17.3 Å². The predicted octanol–water partition coefficient (Wildman–Crippen LogP) is 3.21. The third-order valence-electron chi connectivity index (χ3n) is 2.81. The third-order valence-corrected chi connectivity index (χ3v) is 4.57. The number of hydrogen-bond acceptors (Lipinski definition) is 4. The highest BCUT2D eigenvalue weighted by Crippen LogP contribution is 2.38. The Bertz CT molecular complexity index is 867. The maximum atomic E-state index is 13.0. The number of nitrogens with zero attached hydrogens (tertiary/aromatic N) is 1. The fourth-order valence-corrected chi connectivity index (χ4v) is 3.23. The molecule has 2 aromatic rings. The predicted molar refractivity (Wildman–Crippen MR) is 75.4 cm³/mol. The first-order chi connectivity index (χ1) is 11.3. The molecule has 1 heterocycles. The first-order valence-corrected chi connectivity index (χ1v) is 7.60. The molecule has 0 saturated carbocycles. The van der Waals surface area contributed by atoms with Gasteiger partial charge in [0.2, 0.25) is 11.6 Å². The molecule has 5 nitrogen and oxygen atoms in total. The molecule has 0 aliphatic heterocycles. The number of alkyl halides is 6. The molecule has 25 heavy (non-hydrogen) atoms. The smallest absolute Gasteiger partial charge is 0.438 e. The van der Waals surface area contributed by atoms with Gasteiger partial charge in [0, 0.05) is 17.2 Å². The SMILES string of the molecule is Nc1nc(C(F)(F)F)c([S+]([O-])c2ccc(Cl)c(C(F)(F)F)c2)c(=O)[nH]1. The summed E-state index contributed by atoms with van der Waals surface area (Å²) in [6, 6.07) is 1.82. The summed E-state index contributed by atoms with van der Waals surface area (Å²) in [6.07, 6.45) is -10.1. The van der Waals surface area contributed by atoms with Gasteiger partial charge in [-0.3, -0.25) is 9.78 Å². The summed E-state index contributed by atoms with van der Waals surface area (Å²) < 4.78 is 89.9. The largest absolute Gasteiger partial charge is 0.606 e. The van der Waals surface area contributed by atoms with Gasteiger partial charge in [-0.25, -0.2) is 4.98 Å². The van der Waals surface area contributed by atoms with E-state index in [-0.39, 0.29) is 0 Å². The van der Waals surface area contributed by atoms with Crippen LogP contribution in [0.5, 0.6) is 0 Å². The molecule has 0 saturated heterocycles. The highest BCUT2D eigenvalue weighted by molar-refractivity contribution is 7.91. The summed E-state index contributed by atoms with van der Waals surface area (Å²) in [7, 11) is 0. The van der Waals surface area contributed by atoms with Crippen molar-refractivity contribution >= 4 is 28.7 Å². The molecule has 3 N–H and O–H groups in total. The van der Waals surface area contributed by atoms with Crippen molar-refractivity contribution in [3.05, 3.63) is 44.8 Å². The molecule has 0 aliphatic carbocycles. The van der Waals surface area contributed by atoms with Crippen molar-refractivity contribution in [2.75, 3.05) is 5.73 Å². The molecular weight excluding hydrogens is 400 g/mol. The summed E-state index contributed by atoms with van der Waals surface area (Å²) in [5.74, 6) is -0.884. The molecule has 13 heteroatoms. The minimum atomic E-state index is -5.20. The molecule has 0 aliphatic rings. The number of aromatic nitrogens is 2. The second-order valence-corrected chi connectivity index (χ2v) is 6.36. The van der Waals surface area contributed by atoms with Crippen LogP contribution in [0.3, 0.4) is 0 Å². The van der Waals surface area contributed by atoms with E-state index in [0.29, 0.717) is 12.1 Å². The van der Waals surface area contributed by atoms with Gasteiger partial charge in [-0.15, -0.1) is 0 Å². The molecule has 0 fully saturated rings. The zero-order chi connectivity index (χ0) is 19.2. The zero-order valence-corrected chi connectivity index (χ0v) is 13.2. The number of anilines is 1. The number of benzene rings is 1. The first-order valence-electron chi connectivity index (χ1n) is 6.08. The number of hydrogen-bond donors (Lipinski definition) is 2. The summed E-state index contributed by atoms with van der Waals surface area (Å²) in [5, 5.41) is -0.742. The van der Waals surface area contributed by atoms with E-state index >= 15 is 0 Å². The van der Waals surface area contributed by atoms with Gasteiger partial charge in [-0.2, -0.15) is 26.3 Å². The van der Waals surface area contributed by atoms with E-state index in [1.165, 1.54) is 0 Å². The van der Waals surface area contributed by atoms with Crippen LogP contribution >= 0.6 is 11.6 Å². The lowest BCUT2D eigenvalue weighted by Crippen LogP contribution is -2.27. The van der Waals surface area contributed by atoms with Crippen LogP contribution in [0.2, 0.25) is 5.02 Å². The molecule has 1 unspecified atom stereocenters. The third kappa shape index (κ3) is 4.02. The number of rotatable bonds is 2. The molecule has 2 rings (SSSR count). The number of halogens is 7. The summed E-state index contributed by atoms with van der Waals surface area (Å²) in [6.45, 7) is 0. The van der Waals surface area contributed by atoms with Crippen molar-refractivity contribution < 1.29 is 30.9 Å². The number of nitrogens with two attached hydrogens (primary N) is 1. The van der Waals surface area contributed by atoms with Gasteiger partial charge in [0.1, 0.15) is 0 Å². The molecule has 0 spiro atoms. The Morgan fingerprint density at radius 2 is 1.76 bits per heavy atom. The highest BCUT2D eigenvalue weighted by Gasteiger charge is 2.43. The number of nitrogens with one attached hydrogen (secondary N) is 1. The highest BCUT2D eigenvalue weighted by atomic mass is 35.5. The van der Waals surface area contributed by atoms with E-state index in [1.54, 1.807) is 4.98 Å². The Labute approximate surface area is 143 Å². The molecule has 1 aromatic carbocycles. The maximum Gasteiger partial charge on any atom is 0.438 e. The van der Waals surface area contributed by atoms with Crippen LogP contribution in [0.15, 0.2) is 32.8 Å².